The number of alkyl halides is 6. The van der Waals surface area contributed by atoms with Crippen molar-refractivity contribution in [2.24, 2.45) is 0 Å². The normalized spacial score (nSPS) is 12.6. The molecule has 1 N–H and O–H groups in total. The molecule has 0 saturated carbocycles. The van der Waals surface area contributed by atoms with E-state index in [1.165, 1.54) is 0 Å². The predicted octanol–water partition coefficient (Wildman–Crippen LogP) is 6.56. The van der Waals surface area contributed by atoms with Crippen molar-refractivity contribution in [3.05, 3.63) is 72.4 Å². The zero-order valence-corrected chi connectivity index (χ0v) is 13.2. The third kappa shape index (κ3) is 3.61. The van der Waals surface area contributed by atoms with Crippen LogP contribution in [0.2, 0.25) is 0 Å². The molecule has 0 aliphatic rings. The van der Waals surface area contributed by atoms with E-state index < -0.39 is 24.0 Å². The van der Waals surface area contributed by atoms with Gasteiger partial charge >= 0.3 is 12.4 Å². The van der Waals surface area contributed by atoms with Gasteiger partial charge in [0.15, 0.2) is 5.92 Å². The first-order valence-electron chi connectivity index (χ1n) is 7.65. The summed E-state index contributed by atoms with van der Waals surface area (Å²) in [5.74, 6) is -3.57. The molecule has 0 spiro atoms. The first-order chi connectivity index (χ1) is 12.2. The third-order valence-electron chi connectivity index (χ3n) is 3.95. The molecule has 2 aromatic carbocycles. The highest BCUT2D eigenvalue weighted by Crippen LogP contribution is 2.48. The fraction of sp³-hybridized carbons (Fsp3) is 0.158. The summed E-state index contributed by atoms with van der Waals surface area (Å²) in [7, 11) is 0. The molecule has 3 aromatic rings. The molecule has 0 radical (unpaired) electrons. The highest BCUT2D eigenvalue weighted by Gasteiger charge is 2.58. The number of halogens is 6. The lowest BCUT2D eigenvalue weighted by Gasteiger charge is -2.21. The highest BCUT2D eigenvalue weighted by atomic mass is 19.4. The zero-order chi connectivity index (χ0) is 18.9. The molecule has 0 aliphatic heterocycles. The van der Waals surface area contributed by atoms with Gasteiger partial charge in [0.2, 0.25) is 0 Å². The van der Waals surface area contributed by atoms with Gasteiger partial charge in [-0.05, 0) is 17.2 Å². The van der Waals surface area contributed by atoms with Crippen molar-refractivity contribution < 1.29 is 26.3 Å². The lowest BCUT2D eigenvalue weighted by Crippen LogP contribution is -2.34. The van der Waals surface area contributed by atoms with Gasteiger partial charge in [-0.3, -0.25) is 0 Å². The van der Waals surface area contributed by atoms with Crippen LogP contribution in [0.3, 0.4) is 0 Å². The van der Waals surface area contributed by atoms with Crippen LogP contribution in [0.4, 0.5) is 26.3 Å². The van der Waals surface area contributed by atoms with Crippen molar-refractivity contribution in [3.8, 4) is 22.4 Å². The topological polar surface area (TPSA) is 15.8 Å². The predicted molar refractivity (Wildman–Crippen MR) is 86.5 cm³/mol. The Morgan fingerprint density at radius 3 is 1.58 bits per heavy atom. The number of hydrogen-bond acceptors (Lipinski definition) is 0. The van der Waals surface area contributed by atoms with Crippen molar-refractivity contribution in [2.45, 2.75) is 18.3 Å². The Kier molecular flexibility index (Phi) is 4.56. The number of rotatable bonds is 3. The van der Waals surface area contributed by atoms with Gasteiger partial charge in [-0.2, -0.15) is 26.3 Å². The average Bonchev–Trinajstić information content (AvgIpc) is 2.98. The van der Waals surface area contributed by atoms with Crippen molar-refractivity contribution in [2.75, 3.05) is 0 Å². The number of aromatic amines is 1. The van der Waals surface area contributed by atoms with E-state index in [0.717, 1.165) is 6.07 Å². The summed E-state index contributed by atoms with van der Waals surface area (Å²) in [6.45, 7) is 0. The minimum absolute atomic E-state index is 0.213. The number of benzene rings is 2. The SMILES string of the molecule is FC(F)(F)C(c1cc(-c2ccccc2)c(-c2ccccc2)[nH]1)C(F)(F)F. The molecule has 0 saturated heterocycles. The van der Waals surface area contributed by atoms with Gasteiger partial charge in [-0.25, -0.2) is 0 Å². The van der Waals surface area contributed by atoms with Crippen LogP contribution in [0.1, 0.15) is 11.6 Å². The quantitative estimate of drug-likeness (QED) is 0.504. The highest BCUT2D eigenvalue weighted by molar-refractivity contribution is 5.82. The van der Waals surface area contributed by atoms with Crippen LogP contribution >= 0.6 is 0 Å². The molecular formula is C19H13F6N. The van der Waals surface area contributed by atoms with Crippen LogP contribution in [0.25, 0.3) is 22.4 Å². The standard InChI is InChI=1S/C19H13F6N/c20-18(21,22)17(19(23,24)25)15-11-14(12-7-3-1-4-8-12)16(26-15)13-9-5-2-6-10-13/h1-11,17,26H. The van der Waals surface area contributed by atoms with Gasteiger partial charge in [0.1, 0.15) is 0 Å². The average molecular weight is 369 g/mol. The van der Waals surface area contributed by atoms with E-state index in [1.54, 1.807) is 60.7 Å². The fourth-order valence-corrected chi connectivity index (χ4v) is 2.85. The van der Waals surface area contributed by atoms with Gasteiger partial charge in [0.25, 0.3) is 0 Å². The second kappa shape index (κ2) is 6.55. The molecule has 0 fully saturated rings. The van der Waals surface area contributed by atoms with E-state index >= 15 is 0 Å². The Morgan fingerprint density at radius 2 is 1.12 bits per heavy atom. The van der Waals surface area contributed by atoms with Crippen LogP contribution in [0.5, 0.6) is 0 Å². The van der Waals surface area contributed by atoms with Crippen molar-refractivity contribution >= 4 is 0 Å². The molecule has 1 aromatic heterocycles. The molecule has 0 atom stereocenters. The number of hydrogen-bond donors (Lipinski definition) is 1. The van der Waals surface area contributed by atoms with Crippen LogP contribution in [0, 0.1) is 0 Å². The summed E-state index contributed by atoms with van der Waals surface area (Å²) in [6.07, 6.45) is -10.9. The number of H-pyrrole nitrogens is 1. The maximum absolute atomic E-state index is 13.1. The molecule has 1 nitrogen and oxygen atoms in total. The van der Waals surface area contributed by atoms with Crippen LogP contribution < -0.4 is 0 Å². The molecule has 1 heterocycles. The van der Waals surface area contributed by atoms with E-state index in [0.29, 0.717) is 11.1 Å². The largest absolute Gasteiger partial charge is 0.405 e. The van der Waals surface area contributed by atoms with E-state index in [9.17, 15) is 26.3 Å². The molecule has 7 heteroatoms. The van der Waals surface area contributed by atoms with Crippen LogP contribution in [-0.4, -0.2) is 17.3 Å². The minimum atomic E-state index is -5.45. The summed E-state index contributed by atoms with van der Waals surface area (Å²) >= 11 is 0. The summed E-state index contributed by atoms with van der Waals surface area (Å²) < 4.78 is 78.6. The molecule has 0 unspecified atom stereocenters. The molecule has 3 rings (SSSR count). The van der Waals surface area contributed by atoms with Gasteiger partial charge in [0, 0.05) is 11.3 Å². The maximum Gasteiger partial charge on any atom is 0.405 e. The second-order valence-electron chi connectivity index (χ2n) is 5.76. The second-order valence-corrected chi connectivity index (χ2v) is 5.76. The van der Waals surface area contributed by atoms with Gasteiger partial charge in [-0.1, -0.05) is 60.7 Å². The summed E-state index contributed by atoms with van der Waals surface area (Å²) in [5, 5.41) is 0. The molecule has 0 bridgehead atoms. The van der Waals surface area contributed by atoms with Gasteiger partial charge < -0.3 is 4.98 Å². The monoisotopic (exact) mass is 369 g/mol. The van der Waals surface area contributed by atoms with Crippen molar-refractivity contribution in [1.29, 1.82) is 0 Å². The van der Waals surface area contributed by atoms with Gasteiger partial charge in [0.05, 0.1) is 5.69 Å². The Hall–Kier alpha value is -2.70. The lowest BCUT2D eigenvalue weighted by molar-refractivity contribution is -0.254. The Labute approximate surface area is 145 Å². The first-order valence-corrected chi connectivity index (χ1v) is 7.65. The lowest BCUT2D eigenvalue weighted by atomic mass is 10.00. The molecule has 0 aliphatic carbocycles. The zero-order valence-electron chi connectivity index (χ0n) is 13.2. The van der Waals surface area contributed by atoms with Gasteiger partial charge in [-0.15, -0.1) is 0 Å². The number of nitrogens with one attached hydrogen (secondary N) is 1. The first kappa shape index (κ1) is 18.1. The Bertz CT molecular complexity index is 792. The third-order valence-corrected chi connectivity index (χ3v) is 3.95. The number of aromatic nitrogens is 1. The minimum Gasteiger partial charge on any atom is -0.357 e. The Balaban J connectivity index is 2.22. The maximum atomic E-state index is 13.1. The van der Waals surface area contributed by atoms with E-state index in [2.05, 4.69) is 4.98 Å². The molecule has 26 heavy (non-hydrogen) atoms. The summed E-state index contributed by atoms with van der Waals surface area (Å²) in [6, 6.07) is 17.5. The smallest absolute Gasteiger partial charge is 0.357 e. The van der Waals surface area contributed by atoms with Crippen LogP contribution in [-0.2, 0) is 0 Å². The summed E-state index contributed by atoms with van der Waals surface area (Å²) in [5.41, 5.74) is 0.593. The Morgan fingerprint density at radius 1 is 0.654 bits per heavy atom. The fourth-order valence-electron chi connectivity index (χ4n) is 2.85. The van der Waals surface area contributed by atoms with Crippen molar-refractivity contribution in [1.82, 2.24) is 4.98 Å². The van der Waals surface area contributed by atoms with E-state index in [1.807, 2.05) is 0 Å². The molecule has 0 amide bonds. The van der Waals surface area contributed by atoms with Crippen LogP contribution in [0.15, 0.2) is 66.7 Å². The molecular weight excluding hydrogens is 356 g/mol. The van der Waals surface area contributed by atoms with E-state index in [-0.39, 0.29) is 11.3 Å². The van der Waals surface area contributed by atoms with Crippen molar-refractivity contribution in [3.63, 3.8) is 0 Å². The summed E-state index contributed by atoms with van der Waals surface area (Å²) in [4.78, 5) is 2.37. The molecule has 136 valence electrons. The van der Waals surface area contributed by atoms with E-state index in [4.69, 9.17) is 0 Å².